The maximum Gasteiger partial charge on any atom is 0.293 e. The van der Waals surface area contributed by atoms with Gasteiger partial charge in [0.05, 0.1) is 42.0 Å². The number of hydrogen-bond acceptors (Lipinski definition) is 22. The minimum atomic E-state index is -1.58. The van der Waals surface area contributed by atoms with E-state index in [4.69, 9.17) is 10.5 Å². The zero-order chi connectivity index (χ0) is 93.4. The van der Waals surface area contributed by atoms with Crippen LogP contribution >= 0.6 is 23.1 Å². The van der Waals surface area contributed by atoms with Gasteiger partial charge in [0.1, 0.15) is 72.2 Å². The maximum atomic E-state index is 15.5. The topological polar surface area (TPSA) is 466 Å². The van der Waals surface area contributed by atoms with Crippen molar-refractivity contribution < 1.29 is 91.7 Å². The number of aromatic hydroxyl groups is 2. The molecule has 11 N–H and O–H groups in total. The van der Waals surface area contributed by atoms with Gasteiger partial charge < -0.3 is 82.1 Å². The Morgan fingerprint density at radius 1 is 0.550 bits per heavy atom. The molecule has 0 spiro atoms. The van der Waals surface area contributed by atoms with Crippen molar-refractivity contribution in [3.8, 4) is 11.5 Å². The molecule has 2 aromatic heterocycles. The summed E-state index contributed by atoms with van der Waals surface area (Å²) in [7, 11) is 6.78. The highest BCUT2D eigenvalue weighted by Gasteiger charge is 2.42. The highest BCUT2D eigenvalue weighted by Crippen LogP contribution is 2.28. The summed E-state index contributed by atoms with van der Waals surface area (Å²) in [6.45, 7) is 6.86. The van der Waals surface area contributed by atoms with E-state index in [0.29, 0.717) is 57.3 Å². The Morgan fingerprint density at radius 2 is 1.08 bits per heavy atom. The number of ether oxygens (including phenoxy) is 1. The molecule has 0 aliphatic carbocycles. The number of carbonyl (C=O) groups is 16. The predicted molar refractivity (Wildman–Crippen MR) is 488 cm³/mol. The molecular weight excluding hydrogens is 1690 g/mol. The van der Waals surface area contributed by atoms with Crippen molar-refractivity contribution in [1.29, 1.82) is 0 Å². The first kappa shape index (κ1) is 103. The average molecular weight is 1820 g/mol. The average Bonchev–Trinajstić information content (AvgIpc) is 1.52. The molecule has 1 fully saturated rings. The number of thioether (sulfide) groups is 1. The fraction of sp³-hybridized carbons (Fsp3) is 0.457. The Hall–Kier alpha value is -12.7. The number of aromatic nitrogens is 2. The second-order valence-electron chi connectivity index (χ2n) is 33.2. The first-order chi connectivity index (χ1) is 61.0. The van der Waals surface area contributed by atoms with E-state index < -0.39 is 211 Å². The number of likely N-dealkylation sites (N-methyl/N-ethyl adjacent to an activating group) is 5. The molecule has 8 rings (SSSR count). The molecule has 3 heterocycles. The van der Waals surface area contributed by atoms with E-state index in [2.05, 4.69) is 41.9 Å². The van der Waals surface area contributed by atoms with Gasteiger partial charge in [-0.25, -0.2) is 4.98 Å². The summed E-state index contributed by atoms with van der Waals surface area (Å²) in [4.78, 5) is 248. The lowest BCUT2D eigenvalue weighted by atomic mass is 9.84. The molecule has 33 nitrogen and oxygen atoms in total. The molecule has 11 atom stereocenters. The van der Waals surface area contributed by atoms with Crippen LogP contribution in [0.4, 0.5) is 0 Å². The van der Waals surface area contributed by atoms with E-state index in [1.54, 1.807) is 124 Å². The number of thiazole rings is 1. The van der Waals surface area contributed by atoms with Gasteiger partial charge in [-0.3, -0.25) is 76.7 Å². The van der Waals surface area contributed by atoms with Gasteiger partial charge in [-0.1, -0.05) is 158 Å². The van der Waals surface area contributed by atoms with E-state index in [9.17, 15) is 48.6 Å². The Labute approximate surface area is 760 Å². The SMILES string of the molecule is C.CCCC[C@H]1C(=O)N(C)CC(=O)C[C@@H](COC=O)C(=O)C[C@@H](C(C)C)C(=O)N(C)[C@@H](Cc2ccccc2)C(=O)N[C@@H](Cc2ccc(O)cc2)C(=O)N(C)CC(=O)N[C@@H](Cc2c[nH]c3ccccc23)C(=O)N[C@@H](Cc2ccc(O)cc2)C(=O)N[C@@H](CC(C)C)C(=O)N[C@H](C(=O)CCC(N)=O)CSCC(=O)N[C@@H](Cc2cscn2)C(=O)N(C)[C@@H](Cc2ccccc2)C(=O)N1C. The number of amides is 12. The number of phenolic OH excluding ortho intramolecular Hbond substituents is 2. The first-order valence-electron chi connectivity index (χ1n) is 42.7. The van der Waals surface area contributed by atoms with E-state index in [1.807, 2.05) is 6.92 Å². The molecule has 0 saturated carbocycles. The molecule has 1 saturated heterocycles. The highest BCUT2D eigenvalue weighted by atomic mass is 32.2. The molecule has 0 radical (unpaired) electrons. The third kappa shape index (κ3) is 31.4. The number of primary amides is 1. The van der Waals surface area contributed by atoms with Gasteiger partial charge >= 0.3 is 0 Å². The lowest BCUT2D eigenvalue weighted by Crippen LogP contribution is -2.59. The van der Waals surface area contributed by atoms with Gasteiger partial charge in [-0.05, 0) is 82.8 Å². The summed E-state index contributed by atoms with van der Waals surface area (Å²) in [5, 5.41) is 39.8. The number of ketones is 3. The van der Waals surface area contributed by atoms with E-state index >= 15 is 38.4 Å². The minimum absolute atomic E-state index is 0. The third-order valence-electron chi connectivity index (χ3n) is 22.5. The van der Waals surface area contributed by atoms with Crippen molar-refractivity contribution in [3.05, 3.63) is 184 Å². The summed E-state index contributed by atoms with van der Waals surface area (Å²) in [6.07, 6.45) is -0.623. The second kappa shape index (κ2) is 50.8. The number of nitrogens with one attached hydrogen (secondary N) is 7. The Balaban J connectivity index is 0.0000228. The van der Waals surface area contributed by atoms with Crippen LogP contribution in [0.1, 0.15) is 127 Å². The van der Waals surface area contributed by atoms with Crippen LogP contribution < -0.4 is 37.6 Å². The standard InChI is InChI=1S/C93H118N14O19S2.CH4/c1-11-12-27-77-92(124)103(6)48-67(111)43-63(50-126-55-108)81(113)46-69(57(4)5)89(121)106(9)78(41-58-21-15-13-16-22-58)88(120)101-74(40-61-30-34-66(110)35-31-61)90(122)104(7)49-83(115)97-73(44-62-47-95-70-26-20-19-25-68(62)70)87(119)100-72(39-60-28-32-65(109)33-29-60)86(118)99-71(38-56(2)3)85(117)102-76(80(112)36-37-82(94)114)52-127-53-84(116)98-75(45-64-51-128-54-96-64)91(123)107(10)79(93(125)105(77)8)42-59-23-17-14-18-24-59;/h13-26,28-35,47,51,54-57,63,69,71-79,95,109-110H,11-12,27,36-46,48-50,52-53H2,1-10H3,(H2,94,114)(H,97,115)(H,98,116)(H,99,118)(H,100,119)(H,101,120)(H,102,117);1H4/t63-,69-,71-,72-,73-,74-,75-,76-,77-,78-,79-;/m0./s1. The van der Waals surface area contributed by atoms with Gasteiger partial charge in [-0.2, -0.15) is 0 Å². The number of nitrogens with two attached hydrogens (primary N) is 1. The number of rotatable bonds is 25. The molecule has 0 unspecified atom stereocenters. The number of nitrogens with zero attached hydrogens (tertiary/aromatic N) is 6. The van der Waals surface area contributed by atoms with Gasteiger partial charge in [0.15, 0.2) is 11.6 Å². The second-order valence-corrected chi connectivity index (χ2v) is 35.0. The minimum Gasteiger partial charge on any atom is -0.508 e. The van der Waals surface area contributed by atoms with Crippen molar-refractivity contribution in [2.24, 2.45) is 29.4 Å². The lowest BCUT2D eigenvalue weighted by molar-refractivity contribution is -0.151. The Morgan fingerprint density at radius 3 is 1.66 bits per heavy atom. The van der Waals surface area contributed by atoms with Crippen LogP contribution in [0.3, 0.4) is 0 Å². The molecule has 0 bridgehead atoms. The van der Waals surface area contributed by atoms with Gasteiger partial charge in [0.25, 0.3) is 6.47 Å². The van der Waals surface area contributed by atoms with Crippen molar-refractivity contribution >= 4 is 129 Å². The van der Waals surface area contributed by atoms with Crippen LogP contribution in [0, 0.1) is 23.7 Å². The molecule has 35 heteroatoms. The van der Waals surface area contributed by atoms with Crippen molar-refractivity contribution in [2.45, 2.75) is 186 Å². The smallest absolute Gasteiger partial charge is 0.293 e. The summed E-state index contributed by atoms with van der Waals surface area (Å²) < 4.78 is 5.15. The zero-order valence-electron chi connectivity index (χ0n) is 73.9. The van der Waals surface area contributed by atoms with Crippen molar-refractivity contribution in [1.82, 2.24) is 66.4 Å². The fourth-order valence-corrected chi connectivity index (χ4v) is 16.7. The Bertz CT molecular complexity index is 4980. The van der Waals surface area contributed by atoms with E-state index in [0.717, 1.165) is 26.5 Å². The van der Waals surface area contributed by atoms with Crippen LogP contribution in [0.15, 0.2) is 151 Å². The van der Waals surface area contributed by atoms with Crippen LogP contribution in [0.25, 0.3) is 10.9 Å². The lowest BCUT2D eigenvalue weighted by Gasteiger charge is -2.37. The normalized spacial score (nSPS) is 22.0. The molecule has 12 amide bonds. The number of benzene rings is 5. The highest BCUT2D eigenvalue weighted by molar-refractivity contribution is 8.00. The molecule has 694 valence electrons. The third-order valence-corrected chi connectivity index (χ3v) is 24.2. The number of carbonyl (C=O) groups excluding carboxylic acids is 16. The van der Waals surface area contributed by atoms with Crippen molar-refractivity contribution in [2.75, 3.05) is 66.4 Å². The van der Waals surface area contributed by atoms with Gasteiger partial charge in [0, 0.05) is 134 Å². The van der Waals surface area contributed by atoms with Crippen molar-refractivity contribution in [3.63, 3.8) is 0 Å². The van der Waals surface area contributed by atoms with E-state index in [1.165, 1.54) is 110 Å². The molecule has 129 heavy (non-hydrogen) atoms. The summed E-state index contributed by atoms with van der Waals surface area (Å²) in [6, 6.07) is 22.9. The van der Waals surface area contributed by atoms with E-state index in [-0.39, 0.29) is 88.4 Å². The number of aromatic amines is 1. The summed E-state index contributed by atoms with van der Waals surface area (Å²) in [5.74, 6) is -16.4. The molecule has 5 aromatic carbocycles. The number of para-hydroxylation sites is 1. The zero-order valence-corrected chi connectivity index (χ0v) is 75.5. The molecule has 1 aliphatic rings. The molecular formula is C94H122N14O19S2. The number of phenols is 2. The summed E-state index contributed by atoms with van der Waals surface area (Å²) in [5.41, 5.74) is 10.7. The number of hydrogen-bond donors (Lipinski definition) is 10. The van der Waals surface area contributed by atoms with Crippen LogP contribution in [-0.4, -0.2) is 260 Å². The first-order valence-corrected chi connectivity index (χ1v) is 44.8. The monoisotopic (exact) mass is 1810 g/mol. The van der Waals surface area contributed by atoms with Crippen LogP contribution in [-0.2, 0) is 120 Å². The van der Waals surface area contributed by atoms with Gasteiger partial charge in [-0.15, -0.1) is 23.1 Å². The quantitative estimate of drug-likeness (QED) is 0.0314. The maximum absolute atomic E-state index is 15.5. The molecule has 7 aromatic rings. The number of unbranched alkanes of at least 4 members (excludes halogenated alkanes) is 1. The molecule has 1 aliphatic heterocycles. The predicted octanol–water partition coefficient (Wildman–Crippen LogP) is 5.53. The van der Waals surface area contributed by atoms with Gasteiger partial charge in [0.2, 0.25) is 70.9 Å². The summed E-state index contributed by atoms with van der Waals surface area (Å²) >= 11 is 2.09. The largest absolute Gasteiger partial charge is 0.508 e. The Kier molecular flexibility index (Phi) is 40.7. The van der Waals surface area contributed by atoms with Crippen LogP contribution in [0.2, 0.25) is 0 Å². The number of fused-ring (bicyclic) bond motifs is 1. The fourth-order valence-electron chi connectivity index (χ4n) is 15.3. The van der Waals surface area contributed by atoms with Crippen LogP contribution in [0.5, 0.6) is 11.5 Å². The number of H-pyrrole nitrogens is 1. The number of Topliss-reactive ketones (excluding diaryl/α,β-unsaturated/α-hetero) is 3.